The van der Waals surface area contributed by atoms with Crippen LogP contribution in [0.3, 0.4) is 0 Å². The van der Waals surface area contributed by atoms with Crippen LogP contribution in [0.5, 0.6) is 0 Å². The molecule has 4 bridgehead atoms. The second kappa shape index (κ2) is 4.39. The average Bonchev–Trinajstić information content (AvgIpc) is 2.66. The van der Waals surface area contributed by atoms with E-state index in [4.69, 9.17) is 9.47 Å². The molecular weight excluding hydrogens is 276 g/mol. The summed E-state index contributed by atoms with van der Waals surface area (Å²) in [5, 5.41) is 0. The van der Waals surface area contributed by atoms with Crippen LogP contribution in [-0.2, 0) is 28.7 Å². The molecule has 4 saturated carbocycles. The molecule has 4 atom stereocenters. The van der Waals surface area contributed by atoms with E-state index in [1.165, 1.54) is 14.2 Å². The predicted molar refractivity (Wildman–Crippen MR) is 69.0 cm³/mol. The van der Waals surface area contributed by atoms with E-state index >= 15 is 0 Å². The molecule has 0 spiro atoms. The molecule has 0 aromatic carbocycles. The van der Waals surface area contributed by atoms with Gasteiger partial charge in [-0.05, 0) is 32.1 Å². The van der Waals surface area contributed by atoms with Crippen molar-refractivity contribution in [2.45, 2.75) is 32.1 Å². The molecule has 0 aromatic rings. The fourth-order valence-electron chi connectivity index (χ4n) is 4.61. The highest BCUT2D eigenvalue weighted by Crippen LogP contribution is 2.60. The Morgan fingerprint density at radius 2 is 1.29 bits per heavy atom. The Labute approximate surface area is 122 Å². The van der Waals surface area contributed by atoms with Gasteiger partial charge in [0.15, 0.2) is 11.6 Å². The third-order valence-corrected chi connectivity index (χ3v) is 5.49. The molecule has 0 amide bonds. The molecule has 4 fully saturated rings. The Morgan fingerprint density at radius 3 is 1.62 bits per heavy atom. The lowest BCUT2D eigenvalue weighted by molar-refractivity contribution is -0.182. The van der Waals surface area contributed by atoms with Crippen LogP contribution in [0.1, 0.15) is 32.1 Å². The summed E-state index contributed by atoms with van der Waals surface area (Å²) in [6.45, 7) is 0. The number of rotatable bonds is 2. The summed E-state index contributed by atoms with van der Waals surface area (Å²) in [6, 6.07) is 0. The molecule has 0 N–H and O–H groups in total. The van der Waals surface area contributed by atoms with Gasteiger partial charge in [-0.3, -0.25) is 19.2 Å². The second-order valence-electron chi connectivity index (χ2n) is 6.43. The molecule has 6 nitrogen and oxygen atoms in total. The van der Waals surface area contributed by atoms with Crippen molar-refractivity contribution < 1.29 is 28.7 Å². The molecule has 0 aromatic heterocycles. The fourth-order valence-corrected chi connectivity index (χ4v) is 4.61. The predicted octanol–water partition coefficient (Wildman–Crippen LogP) is 0.667. The molecule has 21 heavy (non-hydrogen) atoms. The van der Waals surface area contributed by atoms with E-state index in [2.05, 4.69) is 0 Å². The Kier molecular flexibility index (Phi) is 2.97. The number of Topliss-reactive ketones (excluding diaryl/α,β-unsaturated/α-hetero) is 2. The van der Waals surface area contributed by atoms with Crippen molar-refractivity contribution in [1.82, 2.24) is 0 Å². The minimum Gasteiger partial charge on any atom is -0.468 e. The van der Waals surface area contributed by atoms with Crippen LogP contribution >= 0.6 is 0 Å². The first-order valence-electron chi connectivity index (χ1n) is 7.17. The van der Waals surface area contributed by atoms with Crippen LogP contribution in [0, 0.1) is 22.7 Å². The summed E-state index contributed by atoms with van der Waals surface area (Å²) in [6.07, 6.45) is 1.35. The SMILES string of the molecule is COC(=O)[C@]12C[C@@H]3CC[C@@H](C[C@](C(=O)OC)(C1)C3=O)C2=O. The molecule has 0 aliphatic heterocycles. The molecular formula is C15H18O6. The van der Waals surface area contributed by atoms with E-state index in [1.54, 1.807) is 0 Å². The molecule has 4 rings (SSSR count). The molecule has 6 heteroatoms. The number of methoxy groups -OCH3 is 2. The van der Waals surface area contributed by atoms with Crippen LogP contribution in [0.15, 0.2) is 0 Å². The fraction of sp³-hybridized carbons (Fsp3) is 0.733. The minimum absolute atomic E-state index is 0.0932. The summed E-state index contributed by atoms with van der Waals surface area (Å²) in [5.74, 6) is -2.44. The number of hydrogen-bond acceptors (Lipinski definition) is 6. The maximum Gasteiger partial charge on any atom is 0.319 e. The smallest absolute Gasteiger partial charge is 0.319 e. The van der Waals surface area contributed by atoms with Gasteiger partial charge in [-0.2, -0.15) is 0 Å². The maximum atomic E-state index is 12.7. The molecule has 0 saturated heterocycles. The summed E-state index contributed by atoms with van der Waals surface area (Å²) in [4.78, 5) is 50.0. The zero-order chi connectivity index (χ0) is 15.4. The van der Waals surface area contributed by atoms with Crippen LogP contribution in [-0.4, -0.2) is 37.7 Å². The van der Waals surface area contributed by atoms with Gasteiger partial charge in [0.2, 0.25) is 0 Å². The quantitative estimate of drug-likeness (QED) is 0.549. The third-order valence-electron chi connectivity index (χ3n) is 5.49. The number of carbonyl (C=O) groups is 4. The van der Waals surface area contributed by atoms with Crippen LogP contribution < -0.4 is 0 Å². The highest BCUT2D eigenvalue weighted by molar-refractivity contribution is 6.14. The van der Waals surface area contributed by atoms with Crippen LogP contribution in [0.4, 0.5) is 0 Å². The normalized spacial score (nSPS) is 40.9. The third kappa shape index (κ3) is 1.59. The average molecular weight is 294 g/mol. The topological polar surface area (TPSA) is 86.7 Å². The van der Waals surface area contributed by atoms with E-state index in [9.17, 15) is 19.2 Å². The van der Waals surface area contributed by atoms with E-state index < -0.39 is 34.6 Å². The van der Waals surface area contributed by atoms with Gasteiger partial charge in [-0.15, -0.1) is 0 Å². The Morgan fingerprint density at radius 1 is 0.905 bits per heavy atom. The van der Waals surface area contributed by atoms with Crippen LogP contribution in [0.2, 0.25) is 0 Å². The van der Waals surface area contributed by atoms with Gasteiger partial charge in [0.25, 0.3) is 0 Å². The first-order valence-corrected chi connectivity index (χ1v) is 7.17. The molecule has 0 heterocycles. The lowest BCUT2D eigenvalue weighted by Gasteiger charge is -2.49. The van der Waals surface area contributed by atoms with Crippen molar-refractivity contribution in [1.29, 1.82) is 0 Å². The van der Waals surface area contributed by atoms with E-state index in [1.807, 2.05) is 0 Å². The number of ether oxygens (including phenoxy) is 2. The van der Waals surface area contributed by atoms with Gasteiger partial charge in [0.1, 0.15) is 10.8 Å². The van der Waals surface area contributed by atoms with Gasteiger partial charge in [0, 0.05) is 11.8 Å². The number of hydrogen-bond donors (Lipinski definition) is 0. The first-order chi connectivity index (χ1) is 9.91. The number of fused-ring (bicyclic) bond motifs is 1. The summed E-state index contributed by atoms with van der Waals surface area (Å²) >= 11 is 0. The lowest BCUT2D eigenvalue weighted by Crippen LogP contribution is -2.61. The Bertz CT molecular complexity index is 504. The number of ketones is 2. The lowest BCUT2D eigenvalue weighted by atomic mass is 9.50. The second-order valence-corrected chi connectivity index (χ2v) is 6.43. The van der Waals surface area contributed by atoms with Gasteiger partial charge < -0.3 is 9.47 Å². The van der Waals surface area contributed by atoms with Gasteiger partial charge >= 0.3 is 11.9 Å². The highest BCUT2D eigenvalue weighted by Gasteiger charge is 2.70. The van der Waals surface area contributed by atoms with E-state index in [-0.39, 0.29) is 30.8 Å². The Balaban J connectivity index is 2.18. The minimum atomic E-state index is -1.35. The van der Waals surface area contributed by atoms with E-state index in [0.717, 1.165) is 0 Å². The van der Waals surface area contributed by atoms with Crippen LogP contribution in [0.25, 0.3) is 0 Å². The standard InChI is InChI=1S/C15H18O6/c1-20-12(18)14-5-8-3-4-9(10(14)16)6-15(7-14,11(8)17)13(19)21-2/h8-9H,3-7H2,1-2H3/t8-,9-,14-,15+/m0/s1. The molecule has 4 aliphatic rings. The molecule has 0 unspecified atom stereocenters. The van der Waals surface area contributed by atoms with Crippen molar-refractivity contribution in [3.8, 4) is 0 Å². The van der Waals surface area contributed by atoms with Gasteiger partial charge in [0.05, 0.1) is 14.2 Å². The van der Waals surface area contributed by atoms with Crippen molar-refractivity contribution in [3.05, 3.63) is 0 Å². The van der Waals surface area contributed by atoms with Crippen molar-refractivity contribution in [2.75, 3.05) is 14.2 Å². The van der Waals surface area contributed by atoms with Crippen molar-refractivity contribution in [2.24, 2.45) is 22.7 Å². The molecule has 114 valence electrons. The highest BCUT2D eigenvalue weighted by atomic mass is 16.5. The van der Waals surface area contributed by atoms with Gasteiger partial charge in [-0.1, -0.05) is 0 Å². The monoisotopic (exact) mass is 294 g/mol. The van der Waals surface area contributed by atoms with Crippen molar-refractivity contribution >= 4 is 23.5 Å². The maximum absolute atomic E-state index is 12.7. The zero-order valence-electron chi connectivity index (χ0n) is 12.1. The summed E-state index contributed by atoms with van der Waals surface area (Å²) < 4.78 is 9.66. The summed E-state index contributed by atoms with van der Waals surface area (Å²) in [7, 11) is 2.47. The number of carbonyl (C=O) groups excluding carboxylic acids is 4. The summed E-state index contributed by atoms with van der Waals surface area (Å²) in [5.41, 5.74) is -2.69. The molecule has 4 aliphatic carbocycles. The largest absolute Gasteiger partial charge is 0.468 e. The van der Waals surface area contributed by atoms with Gasteiger partial charge in [-0.25, -0.2) is 0 Å². The number of esters is 2. The van der Waals surface area contributed by atoms with E-state index in [0.29, 0.717) is 12.8 Å². The Hall–Kier alpha value is -1.72. The zero-order valence-corrected chi connectivity index (χ0v) is 12.1. The first kappa shape index (κ1) is 14.2. The van der Waals surface area contributed by atoms with Crippen molar-refractivity contribution in [3.63, 3.8) is 0 Å². The molecule has 0 radical (unpaired) electrons.